The highest BCUT2D eigenvalue weighted by molar-refractivity contribution is 8.04. The highest BCUT2D eigenvalue weighted by atomic mass is 35.5. The molecule has 2 amide bonds. The minimum absolute atomic E-state index is 0.0255. The van der Waals surface area contributed by atoms with Crippen molar-refractivity contribution in [3.8, 4) is 0 Å². The van der Waals surface area contributed by atoms with Gasteiger partial charge in [0.25, 0.3) is 11.8 Å². The quantitative estimate of drug-likeness (QED) is 0.155. The van der Waals surface area contributed by atoms with Crippen molar-refractivity contribution in [1.82, 2.24) is 5.32 Å². The summed E-state index contributed by atoms with van der Waals surface area (Å²) in [5.41, 5.74) is 4.65. The molecule has 0 fully saturated rings. The summed E-state index contributed by atoms with van der Waals surface area (Å²) in [5, 5.41) is 3.77. The first kappa shape index (κ1) is 29.1. The van der Waals surface area contributed by atoms with Gasteiger partial charge in [-0.05, 0) is 78.6 Å². The molecule has 1 heterocycles. The summed E-state index contributed by atoms with van der Waals surface area (Å²) in [4.78, 5) is 31.1. The Bertz CT molecular complexity index is 1570. The van der Waals surface area contributed by atoms with Crippen LogP contribution in [-0.2, 0) is 11.3 Å². The van der Waals surface area contributed by atoms with E-state index in [1.807, 2.05) is 89.8 Å². The summed E-state index contributed by atoms with van der Waals surface area (Å²) in [6.07, 6.45) is 1.91. The largest absolute Gasteiger partial charge is 0.352 e. The van der Waals surface area contributed by atoms with Crippen LogP contribution in [0.15, 0.2) is 112 Å². The molecule has 4 aromatic carbocycles. The molecule has 0 spiro atoms. The fraction of sp³-hybridized carbons (Fsp3) is 0.176. The Labute approximate surface area is 255 Å². The second-order valence-corrected chi connectivity index (χ2v) is 12.8. The van der Waals surface area contributed by atoms with Gasteiger partial charge in [-0.1, -0.05) is 84.4 Å². The van der Waals surface area contributed by atoms with E-state index in [0.29, 0.717) is 29.5 Å². The van der Waals surface area contributed by atoms with E-state index < -0.39 is 0 Å². The summed E-state index contributed by atoms with van der Waals surface area (Å²) in [6, 6.07) is 31.5. The number of anilines is 1. The van der Waals surface area contributed by atoms with Crippen LogP contribution in [0.25, 0.3) is 6.08 Å². The number of thioether (sulfide) groups is 2. The van der Waals surface area contributed by atoms with Gasteiger partial charge < -0.3 is 10.2 Å². The summed E-state index contributed by atoms with van der Waals surface area (Å²) >= 11 is 9.20. The Hall–Kier alpha value is -3.45. The Kier molecular flexibility index (Phi) is 9.55. The van der Waals surface area contributed by atoms with E-state index in [1.165, 1.54) is 17.3 Å². The number of carbonyl (C=O) groups is 2. The molecule has 1 aliphatic rings. The normalized spacial score (nSPS) is 14.6. The number of aryl methyl sites for hydroxylation is 1. The highest BCUT2D eigenvalue weighted by Gasteiger charge is 2.29. The average molecular weight is 599 g/mol. The minimum atomic E-state index is -0.103. The first-order valence-electron chi connectivity index (χ1n) is 13.5. The first-order valence-corrected chi connectivity index (χ1v) is 15.7. The van der Waals surface area contributed by atoms with Crippen molar-refractivity contribution in [2.24, 2.45) is 5.92 Å². The number of rotatable bonds is 9. The van der Waals surface area contributed by atoms with Crippen molar-refractivity contribution in [3.63, 3.8) is 0 Å². The van der Waals surface area contributed by atoms with Crippen molar-refractivity contribution < 1.29 is 9.59 Å². The zero-order valence-electron chi connectivity index (χ0n) is 23.0. The maximum Gasteiger partial charge on any atom is 0.265 e. The number of para-hydroxylation sites is 1. The van der Waals surface area contributed by atoms with Crippen LogP contribution in [0.2, 0.25) is 5.02 Å². The van der Waals surface area contributed by atoms with Crippen LogP contribution < -0.4 is 10.2 Å². The van der Waals surface area contributed by atoms with Gasteiger partial charge in [-0.25, -0.2) is 0 Å². The number of amides is 2. The summed E-state index contributed by atoms with van der Waals surface area (Å²) in [7, 11) is 0. The van der Waals surface area contributed by atoms with Gasteiger partial charge in [0.15, 0.2) is 0 Å². The molecule has 4 aromatic rings. The molecule has 41 heavy (non-hydrogen) atoms. The lowest BCUT2D eigenvalue weighted by molar-refractivity contribution is -0.114. The Morgan fingerprint density at radius 3 is 2.51 bits per heavy atom. The summed E-state index contributed by atoms with van der Waals surface area (Å²) in [6.45, 7) is 5.28. The molecule has 0 bridgehead atoms. The molecule has 0 saturated heterocycles. The van der Waals surface area contributed by atoms with Crippen LogP contribution in [0, 0.1) is 12.8 Å². The van der Waals surface area contributed by atoms with Crippen molar-refractivity contribution in [2.75, 3.05) is 17.2 Å². The van der Waals surface area contributed by atoms with E-state index in [-0.39, 0.29) is 11.8 Å². The second kappa shape index (κ2) is 13.5. The van der Waals surface area contributed by atoms with Crippen molar-refractivity contribution in [3.05, 3.63) is 129 Å². The minimum Gasteiger partial charge on any atom is -0.352 e. The van der Waals surface area contributed by atoms with E-state index in [2.05, 4.69) is 37.4 Å². The number of halogens is 1. The van der Waals surface area contributed by atoms with Gasteiger partial charge in [0.1, 0.15) is 0 Å². The molecule has 0 radical (unpaired) electrons. The second-order valence-electron chi connectivity index (χ2n) is 10.2. The fourth-order valence-electron chi connectivity index (χ4n) is 4.49. The Morgan fingerprint density at radius 2 is 1.76 bits per heavy atom. The molecule has 1 unspecified atom stereocenters. The third-order valence-corrected chi connectivity index (χ3v) is 9.36. The third-order valence-electron chi connectivity index (χ3n) is 6.68. The Morgan fingerprint density at radius 1 is 1.00 bits per heavy atom. The molecule has 5 rings (SSSR count). The van der Waals surface area contributed by atoms with Gasteiger partial charge in [0.2, 0.25) is 0 Å². The van der Waals surface area contributed by atoms with Gasteiger partial charge in [-0.3, -0.25) is 9.59 Å². The lowest BCUT2D eigenvalue weighted by Gasteiger charge is -2.30. The molecule has 1 N–H and O–H groups in total. The van der Waals surface area contributed by atoms with Crippen LogP contribution in [0.1, 0.15) is 34.0 Å². The van der Waals surface area contributed by atoms with Crippen LogP contribution in [0.3, 0.4) is 0 Å². The third kappa shape index (κ3) is 7.64. The van der Waals surface area contributed by atoms with Gasteiger partial charge >= 0.3 is 0 Å². The summed E-state index contributed by atoms with van der Waals surface area (Å²) < 4.78 is 0. The van der Waals surface area contributed by atoms with Crippen molar-refractivity contribution in [2.45, 2.75) is 30.2 Å². The van der Waals surface area contributed by atoms with Crippen LogP contribution in [0.5, 0.6) is 0 Å². The van der Waals surface area contributed by atoms with Gasteiger partial charge in [-0.15, -0.1) is 11.8 Å². The smallest absolute Gasteiger partial charge is 0.265 e. The lowest BCUT2D eigenvalue weighted by Crippen LogP contribution is -2.33. The monoisotopic (exact) mass is 598 g/mol. The number of benzene rings is 4. The van der Waals surface area contributed by atoms with E-state index in [1.54, 1.807) is 11.8 Å². The molecule has 0 aromatic heterocycles. The number of nitrogens with one attached hydrogen (secondary N) is 1. The van der Waals surface area contributed by atoms with Crippen LogP contribution >= 0.6 is 35.1 Å². The fourth-order valence-corrected chi connectivity index (χ4v) is 6.60. The predicted octanol–water partition coefficient (Wildman–Crippen LogP) is 8.49. The SMILES string of the molecule is Cc1cccc(CN2C(=O)/C(=C\c3ccc(C(=O)NCC(C)CSc4ccc(Cl)cc4)cc3)Sc3ccccc32)c1. The first-order chi connectivity index (χ1) is 19.9. The number of hydrogen-bond donors (Lipinski definition) is 1. The maximum absolute atomic E-state index is 13.6. The van der Waals surface area contributed by atoms with E-state index >= 15 is 0 Å². The summed E-state index contributed by atoms with van der Waals surface area (Å²) in [5.74, 6) is 1.07. The number of hydrogen-bond acceptors (Lipinski definition) is 4. The van der Waals surface area contributed by atoms with Crippen molar-refractivity contribution >= 4 is 58.7 Å². The molecule has 0 aliphatic carbocycles. The number of carbonyl (C=O) groups excluding carboxylic acids is 2. The molecular formula is C34H31ClN2O2S2. The molecule has 208 valence electrons. The lowest BCUT2D eigenvalue weighted by atomic mass is 10.1. The van der Waals surface area contributed by atoms with Gasteiger partial charge in [-0.2, -0.15) is 0 Å². The predicted molar refractivity (Wildman–Crippen MR) is 173 cm³/mol. The van der Waals surface area contributed by atoms with E-state index in [0.717, 1.165) is 37.4 Å². The van der Waals surface area contributed by atoms with E-state index in [4.69, 9.17) is 11.6 Å². The highest BCUT2D eigenvalue weighted by Crippen LogP contribution is 2.42. The molecule has 7 heteroatoms. The topological polar surface area (TPSA) is 49.4 Å². The number of fused-ring (bicyclic) bond motifs is 1. The standard InChI is InChI=1S/C34H31ClN2O2S2/c1-23-6-5-7-26(18-23)21-37-30-8-3-4-9-31(30)41-32(34(37)39)19-25-10-12-27(13-11-25)33(38)36-20-24(2)22-40-29-16-14-28(35)15-17-29/h3-19,24H,20-22H2,1-2H3,(H,36,38)/b32-19+. The number of nitrogens with zero attached hydrogens (tertiary/aromatic N) is 1. The Balaban J connectivity index is 1.22. The molecule has 4 nitrogen and oxygen atoms in total. The average Bonchev–Trinajstić information content (AvgIpc) is 2.98. The van der Waals surface area contributed by atoms with E-state index in [9.17, 15) is 9.59 Å². The molecular weight excluding hydrogens is 568 g/mol. The van der Waals surface area contributed by atoms with Crippen LogP contribution in [-0.4, -0.2) is 24.1 Å². The van der Waals surface area contributed by atoms with Gasteiger partial charge in [0.05, 0.1) is 17.1 Å². The molecule has 1 atom stereocenters. The molecule has 1 aliphatic heterocycles. The zero-order valence-corrected chi connectivity index (χ0v) is 25.4. The molecule has 0 saturated carbocycles. The van der Waals surface area contributed by atoms with Crippen LogP contribution in [0.4, 0.5) is 5.69 Å². The van der Waals surface area contributed by atoms with Crippen molar-refractivity contribution in [1.29, 1.82) is 0 Å². The zero-order chi connectivity index (χ0) is 28.8. The van der Waals surface area contributed by atoms with Gasteiger partial charge in [0, 0.05) is 32.7 Å². The maximum atomic E-state index is 13.6.